The van der Waals surface area contributed by atoms with Crippen LogP contribution in [0.5, 0.6) is 0 Å². The largest absolute Gasteiger partial charge is 0.453 e. The van der Waals surface area contributed by atoms with E-state index >= 15 is 0 Å². The van der Waals surface area contributed by atoms with E-state index in [1.54, 1.807) is 4.90 Å². The van der Waals surface area contributed by atoms with Crippen LogP contribution < -0.4 is 5.73 Å². The highest BCUT2D eigenvalue weighted by atomic mass is 16.6. The van der Waals surface area contributed by atoms with Gasteiger partial charge in [-0.05, 0) is 56.2 Å². The Morgan fingerprint density at radius 1 is 1.36 bits per heavy atom. The number of aryl methyl sites for hydroxylation is 1. The molecule has 0 bridgehead atoms. The molecule has 1 aromatic carbocycles. The first-order chi connectivity index (χ1) is 13.5. The first kappa shape index (κ1) is 20.2. The lowest BCUT2D eigenvalue weighted by Gasteiger charge is -2.42. The Morgan fingerprint density at radius 3 is 2.89 bits per heavy atom. The van der Waals surface area contributed by atoms with Crippen molar-refractivity contribution in [2.75, 3.05) is 20.2 Å². The third-order valence-corrected chi connectivity index (χ3v) is 5.68. The van der Waals surface area contributed by atoms with Crippen LogP contribution in [0.15, 0.2) is 24.3 Å². The molecule has 0 spiro atoms. The number of nitrogens with two attached hydrogens (primary N) is 1. The number of esters is 1. The van der Waals surface area contributed by atoms with Gasteiger partial charge in [-0.2, -0.15) is 0 Å². The molecule has 6 heteroatoms. The lowest BCUT2D eigenvalue weighted by atomic mass is 9.72. The number of fused-ring (bicyclic) bond motifs is 1. The fraction of sp³-hybridized carbons (Fsp3) is 0.545. The third-order valence-electron chi connectivity index (χ3n) is 5.68. The van der Waals surface area contributed by atoms with E-state index in [9.17, 15) is 9.59 Å². The summed E-state index contributed by atoms with van der Waals surface area (Å²) in [4.78, 5) is 26.3. The summed E-state index contributed by atoms with van der Waals surface area (Å²) < 4.78 is 10.9. The van der Waals surface area contributed by atoms with Crippen LogP contribution in [0.4, 0.5) is 4.79 Å². The van der Waals surface area contributed by atoms with Gasteiger partial charge < -0.3 is 20.1 Å². The van der Waals surface area contributed by atoms with Gasteiger partial charge in [0.1, 0.15) is 0 Å². The minimum atomic E-state index is -0.901. The SMILES string of the molecule is COC(=O)N1CC[C@@H]2[C@H]1CCC[C@]2(C#Cc1cccc(C)c1)OC(=O)CCN. The molecule has 2 aliphatic rings. The first-order valence-electron chi connectivity index (χ1n) is 9.85. The molecule has 1 aromatic rings. The quantitative estimate of drug-likeness (QED) is 0.640. The van der Waals surface area contributed by atoms with Gasteiger partial charge in [0.05, 0.1) is 13.5 Å². The molecule has 1 amide bonds. The maximum atomic E-state index is 12.4. The zero-order valence-corrected chi connectivity index (χ0v) is 16.6. The number of likely N-dealkylation sites (tertiary alicyclic amines) is 1. The second-order valence-electron chi connectivity index (χ2n) is 7.54. The van der Waals surface area contributed by atoms with Crippen molar-refractivity contribution in [3.05, 3.63) is 35.4 Å². The van der Waals surface area contributed by atoms with E-state index in [4.69, 9.17) is 15.2 Å². The minimum absolute atomic E-state index is 0.0283. The summed E-state index contributed by atoms with van der Waals surface area (Å²) in [6.45, 7) is 2.84. The van der Waals surface area contributed by atoms with E-state index in [1.165, 1.54) is 7.11 Å². The number of carbonyl (C=O) groups is 2. The fourth-order valence-corrected chi connectivity index (χ4v) is 4.44. The van der Waals surface area contributed by atoms with Crippen LogP contribution in [0.3, 0.4) is 0 Å². The van der Waals surface area contributed by atoms with Crippen molar-refractivity contribution in [1.29, 1.82) is 0 Å². The average Bonchev–Trinajstić information content (AvgIpc) is 3.12. The van der Waals surface area contributed by atoms with Crippen molar-refractivity contribution in [2.24, 2.45) is 11.7 Å². The molecule has 2 N–H and O–H groups in total. The van der Waals surface area contributed by atoms with Gasteiger partial charge in [-0.3, -0.25) is 4.79 Å². The average molecular weight is 384 g/mol. The van der Waals surface area contributed by atoms with E-state index in [0.717, 1.165) is 30.4 Å². The number of benzene rings is 1. The van der Waals surface area contributed by atoms with E-state index < -0.39 is 5.60 Å². The van der Waals surface area contributed by atoms with Gasteiger partial charge in [0.25, 0.3) is 0 Å². The number of carbonyl (C=O) groups excluding carboxylic acids is 2. The van der Waals surface area contributed by atoms with Crippen LogP contribution in [0, 0.1) is 24.7 Å². The van der Waals surface area contributed by atoms with Crippen molar-refractivity contribution in [3.8, 4) is 11.8 Å². The summed E-state index contributed by atoms with van der Waals surface area (Å²) >= 11 is 0. The minimum Gasteiger partial charge on any atom is -0.453 e. The number of nitrogens with zero attached hydrogens (tertiary/aromatic N) is 1. The predicted molar refractivity (Wildman–Crippen MR) is 105 cm³/mol. The summed E-state index contributed by atoms with van der Waals surface area (Å²) in [6.07, 6.45) is 2.92. The molecule has 0 radical (unpaired) electrons. The van der Waals surface area contributed by atoms with E-state index in [2.05, 4.69) is 11.8 Å². The van der Waals surface area contributed by atoms with Gasteiger partial charge in [-0.1, -0.05) is 18.1 Å². The zero-order chi connectivity index (χ0) is 20.1. The molecule has 0 unspecified atom stereocenters. The molecule has 1 saturated heterocycles. The highest BCUT2D eigenvalue weighted by Gasteiger charge is 2.53. The number of methoxy groups -OCH3 is 1. The highest BCUT2D eigenvalue weighted by molar-refractivity contribution is 5.71. The molecule has 6 nitrogen and oxygen atoms in total. The Balaban J connectivity index is 1.95. The second-order valence-corrected chi connectivity index (χ2v) is 7.54. The standard InChI is InChI=1S/C22H28N2O4/c1-16-5-3-6-17(15-16)8-12-22(28-20(25)9-13-23)11-4-7-19-18(22)10-14-24(19)21(26)27-2/h3,5-6,15,18-19H,4,7,9-11,13-14,23H2,1-2H3/t18-,19-,22-/m1/s1. The van der Waals surface area contributed by atoms with E-state index in [1.807, 2.05) is 31.2 Å². The summed E-state index contributed by atoms with van der Waals surface area (Å²) in [5.74, 6) is 6.16. The predicted octanol–water partition coefficient (Wildman–Crippen LogP) is 2.62. The van der Waals surface area contributed by atoms with Crippen LogP contribution in [0.25, 0.3) is 0 Å². The van der Waals surface area contributed by atoms with E-state index in [-0.39, 0.29) is 37.0 Å². The molecular formula is C22H28N2O4. The number of hydrogen-bond acceptors (Lipinski definition) is 5. The van der Waals surface area contributed by atoms with Crippen molar-refractivity contribution in [3.63, 3.8) is 0 Å². The Kier molecular flexibility index (Phi) is 6.25. The molecule has 0 aromatic heterocycles. The van der Waals surface area contributed by atoms with Gasteiger partial charge in [0, 0.05) is 30.6 Å². The van der Waals surface area contributed by atoms with Gasteiger partial charge in [-0.15, -0.1) is 0 Å². The topological polar surface area (TPSA) is 81.9 Å². The van der Waals surface area contributed by atoms with Gasteiger partial charge in [-0.25, -0.2) is 4.79 Å². The van der Waals surface area contributed by atoms with Crippen LogP contribution in [0.2, 0.25) is 0 Å². The summed E-state index contributed by atoms with van der Waals surface area (Å²) in [5.41, 5.74) is 6.65. The highest BCUT2D eigenvalue weighted by Crippen LogP contribution is 2.45. The molecular weight excluding hydrogens is 356 g/mol. The van der Waals surface area contributed by atoms with Crippen molar-refractivity contribution < 1.29 is 19.1 Å². The molecule has 1 saturated carbocycles. The second kappa shape index (κ2) is 8.66. The molecule has 1 aliphatic heterocycles. The lowest BCUT2D eigenvalue weighted by Crippen LogP contribution is -2.52. The number of amides is 1. The third kappa shape index (κ3) is 4.15. The Bertz CT molecular complexity index is 797. The monoisotopic (exact) mass is 384 g/mol. The molecule has 1 heterocycles. The fourth-order valence-electron chi connectivity index (χ4n) is 4.44. The molecule has 1 aliphatic carbocycles. The van der Waals surface area contributed by atoms with Crippen LogP contribution in [-0.2, 0) is 14.3 Å². The normalized spacial score (nSPS) is 26.0. The van der Waals surface area contributed by atoms with Gasteiger partial charge in [0.2, 0.25) is 0 Å². The van der Waals surface area contributed by atoms with Crippen LogP contribution in [0.1, 0.15) is 43.2 Å². The molecule has 3 atom stereocenters. The molecule has 28 heavy (non-hydrogen) atoms. The maximum Gasteiger partial charge on any atom is 0.409 e. The molecule has 2 fully saturated rings. The summed E-state index contributed by atoms with van der Waals surface area (Å²) in [6, 6.07) is 7.91. The van der Waals surface area contributed by atoms with Gasteiger partial charge >= 0.3 is 12.1 Å². The first-order valence-corrected chi connectivity index (χ1v) is 9.85. The van der Waals surface area contributed by atoms with Crippen LogP contribution in [-0.4, -0.2) is 48.8 Å². The molecule has 150 valence electrons. The van der Waals surface area contributed by atoms with E-state index in [0.29, 0.717) is 13.0 Å². The smallest absolute Gasteiger partial charge is 0.409 e. The Labute approximate surface area is 166 Å². The number of hydrogen-bond donors (Lipinski definition) is 1. The molecule has 3 rings (SSSR count). The van der Waals surface area contributed by atoms with Crippen LogP contribution >= 0.6 is 0 Å². The van der Waals surface area contributed by atoms with Crippen molar-refractivity contribution in [1.82, 2.24) is 4.90 Å². The maximum absolute atomic E-state index is 12.4. The number of rotatable bonds is 3. The Hall–Kier alpha value is -2.52. The van der Waals surface area contributed by atoms with Gasteiger partial charge in [0.15, 0.2) is 5.60 Å². The summed E-state index contributed by atoms with van der Waals surface area (Å²) in [7, 11) is 1.39. The van der Waals surface area contributed by atoms with Crippen molar-refractivity contribution in [2.45, 2.75) is 50.7 Å². The lowest BCUT2D eigenvalue weighted by molar-refractivity contribution is -0.162. The number of ether oxygens (including phenoxy) is 2. The van der Waals surface area contributed by atoms with Crippen molar-refractivity contribution >= 4 is 12.1 Å². The zero-order valence-electron chi connectivity index (χ0n) is 16.6. The summed E-state index contributed by atoms with van der Waals surface area (Å²) in [5, 5.41) is 0. The Morgan fingerprint density at radius 2 is 2.18 bits per heavy atom.